The van der Waals surface area contributed by atoms with Gasteiger partial charge in [0.2, 0.25) is 0 Å². The van der Waals surface area contributed by atoms with Crippen molar-refractivity contribution in [1.29, 1.82) is 0 Å². The number of hydrogen-bond donors (Lipinski definition) is 0. The lowest BCUT2D eigenvalue weighted by Crippen LogP contribution is -1.92. The van der Waals surface area contributed by atoms with Gasteiger partial charge < -0.3 is 9.47 Å². The molecule has 1 aromatic heterocycles. The lowest BCUT2D eigenvalue weighted by atomic mass is 10.0. The molecule has 0 N–H and O–H groups in total. The standard InChI is InChI=1S/C19H19NO2/c1-12-7-13(2)9-14(8-12)17-6-5-16-18(20-17)10-15(21-3)11-19(16)22-4/h5-11H,1-4H3. The zero-order chi connectivity index (χ0) is 15.7. The molecule has 0 saturated heterocycles. The number of aromatic nitrogens is 1. The molecule has 0 unspecified atom stereocenters. The summed E-state index contributed by atoms with van der Waals surface area (Å²) < 4.78 is 10.8. The van der Waals surface area contributed by atoms with E-state index in [0.29, 0.717) is 0 Å². The fraction of sp³-hybridized carbons (Fsp3) is 0.211. The second-order valence-corrected chi connectivity index (χ2v) is 5.47. The Labute approximate surface area is 130 Å². The Morgan fingerprint density at radius 3 is 2.18 bits per heavy atom. The quantitative estimate of drug-likeness (QED) is 0.710. The summed E-state index contributed by atoms with van der Waals surface area (Å²) in [6.45, 7) is 4.20. The van der Waals surface area contributed by atoms with E-state index in [9.17, 15) is 0 Å². The molecule has 0 radical (unpaired) electrons. The maximum absolute atomic E-state index is 5.43. The topological polar surface area (TPSA) is 31.4 Å². The minimum absolute atomic E-state index is 0.745. The van der Waals surface area contributed by atoms with Crippen LogP contribution in [0.25, 0.3) is 22.2 Å². The van der Waals surface area contributed by atoms with E-state index < -0.39 is 0 Å². The monoisotopic (exact) mass is 293 g/mol. The van der Waals surface area contributed by atoms with Crippen LogP contribution in [0, 0.1) is 13.8 Å². The summed E-state index contributed by atoms with van der Waals surface area (Å²) in [6.07, 6.45) is 0. The van der Waals surface area contributed by atoms with Crippen molar-refractivity contribution in [1.82, 2.24) is 4.98 Å². The van der Waals surface area contributed by atoms with E-state index in [2.05, 4.69) is 32.0 Å². The number of nitrogens with zero attached hydrogens (tertiary/aromatic N) is 1. The van der Waals surface area contributed by atoms with Crippen LogP contribution in [0.2, 0.25) is 0 Å². The van der Waals surface area contributed by atoms with Crippen molar-refractivity contribution >= 4 is 10.9 Å². The van der Waals surface area contributed by atoms with E-state index in [0.717, 1.165) is 33.7 Å². The second-order valence-electron chi connectivity index (χ2n) is 5.47. The Morgan fingerprint density at radius 1 is 0.818 bits per heavy atom. The Balaban J connectivity index is 2.20. The number of fused-ring (bicyclic) bond motifs is 1. The number of rotatable bonds is 3. The summed E-state index contributed by atoms with van der Waals surface area (Å²) in [7, 11) is 3.31. The van der Waals surface area contributed by atoms with Crippen molar-refractivity contribution in [3.05, 3.63) is 53.6 Å². The highest BCUT2D eigenvalue weighted by atomic mass is 16.5. The fourth-order valence-electron chi connectivity index (χ4n) is 2.75. The molecule has 3 aromatic rings. The van der Waals surface area contributed by atoms with E-state index in [4.69, 9.17) is 14.5 Å². The molecular formula is C19H19NO2. The van der Waals surface area contributed by atoms with Gasteiger partial charge in [-0.2, -0.15) is 0 Å². The first kappa shape index (κ1) is 14.4. The Morgan fingerprint density at radius 2 is 1.55 bits per heavy atom. The van der Waals surface area contributed by atoms with Gasteiger partial charge in [-0.05, 0) is 38.1 Å². The first-order valence-corrected chi connectivity index (χ1v) is 7.22. The summed E-state index contributed by atoms with van der Waals surface area (Å²) in [5, 5.41) is 0.983. The molecule has 1 heterocycles. The SMILES string of the molecule is COc1cc(OC)c2ccc(-c3cc(C)cc(C)c3)nc2c1. The number of aryl methyl sites for hydroxylation is 2. The number of pyridine rings is 1. The van der Waals surface area contributed by atoms with Gasteiger partial charge in [-0.1, -0.05) is 17.2 Å². The average molecular weight is 293 g/mol. The number of benzene rings is 2. The molecule has 2 aromatic carbocycles. The Bertz CT molecular complexity index is 820. The zero-order valence-electron chi connectivity index (χ0n) is 13.3. The van der Waals surface area contributed by atoms with Gasteiger partial charge in [-0.15, -0.1) is 0 Å². The third kappa shape index (κ3) is 2.62. The lowest BCUT2D eigenvalue weighted by Gasteiger charge is -2.10. The van der Waals surface area contributed by atoms with Gasteiger partial charge in [-0.25, -0.2) is 4.98 Å². The lowest BCUT2D eigenvalue weighted by molar-refractivity contribution is 0.398. The van der Waals surface area contributed by atoms with Crippen LogP contribution >= 0.6 is 0 Å². The largest absolute Gasteiger partial charge is 0.497 e. The van der Waals surface area contributed by atoms with Gasteiger partial charge in [0.25, 0.3) is 0 Å². The van der Waals surface area contributed by atoms with E-state index in [1.165, 1.54) is 11.1 Å². The van der Waals surface area contributed by atoms with Crippen LogP contribution < -0.4 is 9.47 Å². The van der Waals surface area contributed by atoms with Crippen molar-refractivity contribution in [3.8, 4) is 22.8 Å². The molecule has 3 rings (SSSR count). The van der Waals surface area contributed by atoms with Crippen LogP contribution in [0.15, 0.2) is 42.5 Å². The van der Waals surface area contributed by atoms with Crippen LogP contribution in [0.1, 0.15) is 11.1 Å². The van der Waals surface area contributed by atoms with E-state index in [1.807, 2.05) is 24.3 Å². The van der Waals surface area contributed by atoms with Crippen LogP contribution in [0.3, 0.4) is 0 Å². The van der Waals surface area contributed by atoms with Crippen molar-refractivity contribution in [2.45, 2.75) is 13.8 Å². The van der Waals surface area contributed by atoms with Gasteiger partial charge in [0.15, 0.2) is 0 Å². The van der Waals surface area contributed by atoms with E-state index >= 15 is 0 Å². The Hall–Kier alpha value is -2.55. The first-order valence-electron chi connectivity index (χ1n) is 7.22. The summed E-state index contributed by atoms with van der Waals surface area (Å²) in [4.78, 5) is 4.78. The molecule has 0 aliphatic rings. The highest BCUT2D eigenvalue weighted by molar-refractivity contribution is 5.88. The fourth-order valence-corrected chi connectivity index (χ4v) is 2.75. The van der Waals surface area contributed by atoms with Crippen LogP contribution in [-0.4, -0.2) is 19.2 Å². The van der Waals surface area contributed by atoms with Crippen molar-refractivity contribution < 1.29 is 9.47 Å². The Kier molecular flexibility index (Phi) is 3.72. The molecular weight excluding hydrogens is 274 g/mol. The molecule has 0 aliphatic carbocycles. The molecule has 0 amide bonds. The summed E-state index contributed by atoms with van der Waals surface area (Å²) >= 11 is 0. The average Bonchev–Trinajstić information content (AvgIpc) is 2.52. The maximum atomic E-state index is 5.43. The molecule has 3 nitrogen and oxygen atoms in total. The smallest absolute Gasteiger partial charge is 0.131 e. The summed E-state index contributed by atoms with van der Waals surface area (Å²) in [6, 6.07) is 14.4. The molecule has 3 heteroatoms. The number of hydrogen-bond acceptors (Lipinski definition) is 3. The third-order valence-corrected chi connectivity index (χ3v) is 3.72. The predicted octanol–water partition coefficient (Wildman–Crippen LogP) is 4.54. The molecule has 0 saturated carbocycles. The minimum Gasteiger partial charge on any atom is -0.497 e. The predicted molar refractivity (Wildman–Crippen MR) is 89.8 cm³/mol. The molecule has 0 spiro atoms. The van der Waals surface area contributed by atoms with Crippen LogP contribution in [-0.2, 0) is 0 Å². The normalized spacial score (nSPS) is 10.7. The van der Waals surface area contributed by atoms with Crippen molar-refractivity contribution in [3.63, 3.8) is 0 Å². The van der Waals surface area contributed by atoms with Gasteiger partial charge >= 0.3 is 0 Å². The summed E-state index contributed by atoms with van der Waals surface area (Å²) in [5.74, 6) is 1.52. The van der Waals surface area contributed by atoms with Gasteiger partial charge in [0.1, 0.15) is 11.5 Å². The highest BCUT2D eigenvalue weighted by Crippen LogP contribution is 2.32. The molecule has 0 atom stereocenters. The maximum Gasteiger partial charge on any atom is 0.131 e. The molecule has 0 aliphatic heterocycles. The second kappa shape index (κ2) is 5.68. The zero-order valence-corrected chi connectivity index (χ0v) is 13.3. The van der Waals surface area contributed by atoms with Gasteiger partial charge in [0, 0.05) is 23.1 Å². The van der Waals surface area contributed by atoms with Gasteiger partial charge in [-0.3, -0.25) is 0 Å². The third-order valence-electron chi connectivity index (χ3n) is 3.72. The number of ether oxygens (including phenoxy) is 2. The van der Waals surface area contributed by atoms with Crippen molar-refractivity contribution in [2.24, 2.45) is 0 Å². The molecule has 22 heavy (non-hydrogen) atoms. The summed E-state index contributed by atoms with van der Waals surface area (Å²) in [5.41, 5.74) is 5.42. The highest BCUT2D eigenvalue weighted by Gasteiger charge is 2.09. The van der Waals surface area contributed by atoms with Crippen molar-refractivity contribution in [2.75, 3.05) is 14.2 Å². The van der Waals surface area contributed by atoms with Crippen LogP contribution in [0.4, 0.5) is 0 Å². The number of methoxy groups -OCH3 is 2. The van der Waals surface area contributed by atoms with E-state index in [1.54, 1.807) is 14.2 Å². The van der Waals surface area contributed by atoms with E-state index in [-0.39, 0.29) is 0 Å². The van der Waals surface area contributed by atoms with Gasteiger partial charge in [0.05, 0.1) is 25.4 Å². The minimum atomic E-state index is 0.745. The molecule has 0 fully saturated rings. The first-order chi connectivity index (χ1) is 10.6. The molecule has 0 bridgehead atoms. The van der Waals surface area contributed by atoms with Crippen LogP contribution in [0.5, 0.6) is 11.5 Å². The molecule has 112 valence electrons.